The number of nitrogens with two attached hydrogens (primary N) is 1. The Labute approximate surface area is 114 Å². The van der Waals surface area contributed by atoms with Crippen molar-refractivity contribution in [3.8, 4) is 5.75 Å². The van der Waals surface area contributed by atoms with E-state index in [4.69, 9.17) is 10.5 Å². The largest absolute Gasteiger partial charge is 0.496 e. The van der Waals surface area contributed by atoms with Gasteiger partial charge in [-0.15, -0.1) is 0 Å². The molecule has 1 heterocycles. The molecule has 19 heavy (non-hydrogen) atoms. The molecule has 0 bridgehead atoms. The summed E-state index contributed by atoms with van der Waals surface area (Å²) in [5.41, 5.74) is 6.18. The molecule has 1 fully saturated rings. The molecule has 0 aliphatic carbocycles. The molecule has 1 aliphatic heterocycles. The highest BCUT2D eigenvalue weighted by Gasteiger charge is 2.37. The lowest BCUT2D eigenvalue weighted by Gasteiger charge is -2.35. The Bertz CT molecular complexity index is 440. The van der Waals surface area contributed by atoms with E-state index in [-0.39, 0.29) is 5.91 Å². The number of carbonyl (C=O) groups is 1. The van der Waals surface area contributed by atoms with Gasteiger partial charge >= 0.3 is 0 Å². The Morgan fingerprint density at radius 2 is 2.21 bits per heavy atom. The lowest BCUT2D eigenvalue weighted by Crippen LogP contribution is -2.57. The van der Waals surface area contributed by atoms with E-state index in [1.807, 2.05) is 24.3 Å². The van der Waals surface area contributed by atoms with E-state index in [1.165, 1.54) is 0 Å². The number of methoxy groups -OCH3 is 1. The van der Waals surface area contributed by atoms with Gasteiger partial charge in [0.15, 0.2) is 0 Å². The lowest BCUT2D eigenvalue weighted by molar-refractivity contribution is -0.125. The van der Waals surface area contributed by atoms with Crippen molar-refractivity contribution in [1.82, 2.24) is 5.32 Å². The molecule has 1 aromatic rings. The molecule has 0 aromatic heterocycles. The van der Waals surface area contributed by atoms with Crippen LogP contribution in [0.4, 0.5) is 0 Å². The van der Waals surface area contributed by atoms with Crippen LogP contribution in [-0.2, 0) is 11.2 Å². The van der Waals surface area contributed by atoms with Gasteiger partial charge in [0.2, 0.25) is 5.91 Å². The number of ether oxygens (including phenoxy) is 1. The van der Waals surface area contributed by atoms with Crippen molar-refractivity contribution in [2.75, 3.05) is 13.7 Å². The molecule has 4 heteroatoms. The fraction of sp³-hybridized carbons (Fsp3) is 0.533. The summed E-state index contributed by atoms with van der Waals surface area (Å²) in [7, 11) is 1.67. The van der Waals surface area contributed by atoms with Crippen LogP contribution in [-0.4, -0.2) is 25.1 Å². The third-order valence-corrected chi connectivity index (χ3v) is 3.98. The first kappa shape index (κ1) is 13.9. The van der Waals surface area contributed by atoms with Gasteiger partial charge in [0.1, 0.15) is 5.75 Å². The van der Waals surface area contributed by atoms with Crippen molar-refractivity contribution >= 4 is 5.91 Å². The van der Waals surface area contributed by atoms with Crippen LogP contribution in [0.25, 0.3) is 0 Å². The number of aryl methyl sites for hydroxylation is 1. The first-order chi connectivity index (χ1) is 9.18. The summed E-state index contributed by atoms with van der Waals surface area (Å²) in [5, 5.41) is 3.32. The Balaban J connectivity index is 2.08. The maximum atomic E-state index is 11.8. The van der Waals surface area contributed by atoms with Crippen LogP contribution in [0.5, 0.6) is 5.75 Å². The van der Waals surface area contributed by atoms with Gasteiger partial charge in [-0.05, 0) is 50.3 Å². The molecule has 104 valence electrons. The number of rotatable bonds is 5. The van der Waals surface area contributed by atoms with E-state index in [0.29, 0.717) is 0 Å². The molecule has 0 saturated carbocycles. The number of hydrogen-bond acceptors (Lipinski definition) is 3. The van der Waals surface area contributed by atoms with Crippen LogP contribution < -0.4 is 15.8 Å². The third kappa shape index (κ3) is 3.07. The fourth-order valence-corrected chi connectivity index (χ4v) is 2.77. The summed E-state index contributed by atoms with van der Waals surface area (Å²) in [4.78, 5) is 11.8. The average molecular weight is 262 g/mol. The second-order valence-electron chi connectivity index (χ2n) is 5.14. The zero-order valence-corrected chi connectivity index (χ0v) is 11.4. The molecule has 0 radical (unpaired) electrons. The summed E-state index contributed by atoms with van der Waals surface area (Å²) in [5.74, 6) is 0.639. The molecule has 1 aliphatic rings. The van der Waals surface area contributed by atoms with Crippen LogP contribution in [0, 0.1) is 0 Å². The molecule has 0 spiro atoms. The highest BCUT2D eigenvalue weighted by molar-refractivity contribution is 5.84. The Morgan fingerprint density at radius 3 is 2.84 bits per heavy atom. The van der Waals surface area contributed by atoms with Gasteiger partial charge in [-0.3, -0.25) is 4.79 Å². The number of carbonyl (C=O) groups excluding carboxylic acids is 1. The molecular formula is C15H22N2O2. The first-order valence-electron chi connectivity index (χ1n) is 6.85. The third-order valence-electron chi connectivity index (χ3n) is 3.98. The number of nitrogens with one attached hydrogen (secondary N) is 1. The fourth-order valence-electron chi connectivity index (χ4n) is 2.77. The van der Waals surface area contributed by atoms with Gasteiger partial charge in [-0.2, -0.15) is 0 Å². The maximum Gasteiger partial charge on any atom is 0.237 e. The Hall–Kier alpha value is -1.55. The minimum absolute atomic E-state index is 0.234. The lowest BCUT2D eigenvalue weighted by atomic mass is 9.83. The van der Waals surface area contributed by atoms with Gasteiger partial charge in [0.05, 0.1) is 12.6 Å². The zero-order valence-electron chi connectivity index (χ0n) is 11.4. The predicted octanol–water partition coefficient (Wildman–Crippen LogP) is 1.63. The van der Waals surface area contributed by atoms with Gasteiger partial charge < -0.3 is 15.8 Å². The number of piperidine rings is 1. The molecule has 1 unspecified atom stereocenters. The Kier molecular flexibility index (Phi) is 4.43. The molecule has 3 N–H and O–H groups in total. The molecule has 1 saturated heterocycles. The Morgan fingerprint density at radius 1 is 1.42 bits per heavy atom. The second kappa shape index (κ2) is 6.06. The van der Waals surface area contributed by atoms with E-state index in [0.717, 1.165) is 50.0 Å². The minimum atomic E-state index is -0.543. The van der Waals surface area contributed by atoms with Crippen LogP contribution in [0.1, 0.15) is 31.2 Å². The molecule has 4 nitrogen and oxygen atoms in total. The number of hydrogen-bond donors (Lipinski definition) is 2. The molecule has 2 rings (SSSR count). The quantitative estimate of drug-likeness (QED) is 0.847. The van der Waals surface area contributed by atoms with E-state index >= 15 is 0 Å². The number of amides is 1. The molecule has 1 aromatic carbocycles. The van der Waals surface area contributed by atoms with E-state index in [9.17, 15) is 4.79 Å². The minimum Gasteiger partial charge on any atom is -0.496 e. The summed E-state index contributed by atoms with van der Waals surface area (Å²) < 4.78 is 5.34. The summed E-state index contributed by atoms with van der Waals surface area (Å²) >= 11 is 0. The molecule has 1 atom stereocenters. The second-order valence-corrected chi connectivity index (χ2v) is 5.14. The maximum absolute atomic E-state index is 11.8. The van der Waals surface area contributed by atoms with Gasteiger partial charge in [-0.1, -0.05) is 18.2 Å². The average Bonchev–Trinajstić information content (AvgIpc) is 2.46. The van der Waals surface area contributed by atoms with E-state index in [2.05, 4.69) is 5.32 Å². The van der Waals surface area contributed by atoms with Gasteiger partial charge in [0, 0.05) is 0 Å². The highest BCUT2D eigenvalue weighted by atomic mass is 16.5. The number of benzene rings is 1. The SMILES string of the molecule is COc1ccccc1CCC1(C(N)=O)CCCCN1. The highest BCUT2D eigenvalue weighted by Crippen LogP contribution is 2.27. The summed E-state index contributed by atoms with van der Waals surface area (Å²) in [6.07, 6.45) is 4.52. The smallest absolute Gasteiger partial charge is 0.237 e. The van der Waals surface area contributed by atoms with Crippen molar-refractivity contribution in [3.05, 3.63) is 29.8 Å². The molecule has 1 amide bonds. The van der Waals surface area contributed by atoms with Crippen molar-refractivity contribution in [2.45, 2.75) is 37.6 Å². The van der Waals surface area contributed by atoms with E-state index < -0.39 is 5.54 Å². The predicted molar refractivity (Wildman–Crippen MR) is 75.1 cm³/mol. The topological polar surface area (TPSA) is 64.3 Å². The van der Waals surface area contributed by atoms with Crippen LogP contribution in [0.15, 0.2) is 24.3 Å². The van der Waals surface area contributed by atoms with Crippen molar-refractivity contribution in [2.24, 2.45) is 5.73 Å². The monoisotopic (exact) mass is 262 g/mol. The normalized spacial score (nSPS) is 23.0. The van der Waals surface area contributed by atoms with Crippen LogP contribution in [0.3, 0.4) is 0 Å². The van der Waals surface area contributed by atoms with Crippen molar-refractivity contribution in [3.63, 3.8) is 0 Å². The van der Waals surface area contributed by atoms with Crippen molar-refractivity contribution < 1.29 is 9.53 Å². The zero-order chi connectivity index (χ0) is 13.7. The van der Waals surface area contributed by atoms with Gasteiger partial charge in [-0.25, -0.2) is 0 Å². The number of para-hydroxylation sites is 1. The van der Waals surface area contributed by atoms with Crippen LogP contribution in [0.2, 0.25) is 0 Å². The van der Waals surface area contributed by atoms with Crippen LogP contribution >= 0.6 is 0 Å². The first-order valence-corrected chi connectivity index (χ1v) is 6.85. The van der Waals surface area contributed by atoms with Crippen molar-refractivity contribution in [1.29, 1.82) is 0 Å². The number of primary amides is 1. The summed E-state index contributed by atoms with van der Waals surface area (Å²) in [6, 6.07) is 7.92. The standard InChI is InChI=1S/C15H22N2O2/c1-19-13-7-3-2-6-12(13)8-10-15(14(16)18)9-4-5-11-17-15/h2-3,6-7,17H,4-5,8-11H2,1H3,(H2,16,18). The molecular weight excluding hydrogens is 240 g/mol. The summed E-state index contributed by atoms with van der Waals surface area (Å²) in [6.45, 7) is 0.870. The van der Waals surface area contributed by atoms with Gasteiger partial charge in [0.25, 0.3) is 0 Å². The van der Waals surface area contributed by atoms with E-state index in [1.54, 1.807) is 7.11 Å².